The van der Waals surface area contributed by atoms with Gasteiger partial charge in [0.25, 0.3) is 0 Å². The summed E-state index contributed by atoms with van der Waals surface area (Å²) in [5.41, 5.74) is 1.28. The Kier molecular flexibility index (Phi) is 7.41. The molecule has 150 valence electrons. The lowest BCUT2D eigenvalue weighted by atomic mass is 9.97. The zero-order chi connectivity index (χ0) is 19.2. The number of likely N-dealkylation sites (tertiary alicyclic amines) is 1. The Hall–Kier alpha value is -1.27. The SMILES string of the molecule is CN=C(NCC1CCCN(C(C)C)C1)NC1CCN(c2ccccc2Br)C1. The van der Waals surface area contributed by atoms with E-state index in [1.54, 1.807) is 0 Å². The van der Waals surface area contributed by atoms with Crippen molar-refractivity contribution < 1.29 is 0 Å². The van der Waals surface area contributed by atoms with Gasteiger partial charge in [-0.25, -0.2) is 0 Å². The molecule has 27 heavy (non-hydrogen) atoms. The number of hydrogen-bond acceptors (Lipinski definition) is 3. The van der Waals surface area contributed by atoms with Gasteiger partial charge in [0.15, 0.2) is 5.96 Å². The minimum absolute atomic E-state index is 0.432. The van der Waals surface area contributed by atoms with Crippen LogP contribution in [-0.4, -0.2) is 62.7 Å². The van der Waals surface area contributed by atoms with Crippen molar-refractivity contribution in [2.75, 3.05) is 44.7 Å². The molecule has 0 amide bonds. The van der Waals surface area contributed by atoms with Crippen molar-refractivity contribution in [1.82, 2.24) is 15.5 Å². The van der Waals surface area contributed by atoms with Crippen LogP contribution in [0.4, 0.5) is 5.69 Å². The first-order valence-electron chi connectivity index (χ1n) is 10.3. The molecule has 2 atom stereocenters. The molecule has 5 nitrogen and oxygen atoms in total. The summed E-state index contributed by atoms with van der Waals surface area (Å²) in [6.07, 6.45) is 3.75. The molecule has 1 aromatic carbocycles. The Labute approximate surface area is 172 Å². The Morgan fingerprint density at radius 3 is 2.78 bits per heavy atom. The van der Waals surface area contributed by atoms with Crippen LogP contribution in [-0.2, 0) is 0 Å². The van der Waals surface area contributed by atoms with Crippen molar-refractivity contribution in [3.8, 4) is 0 Å². The van der Waals surface area contributed by atoms with E-state index in [1.807, 2.05) is 7.05 Å². The maximum Gasteiger partial charge on any atom is 0.191 e. The summed E-state index contributed by atoms with van der Waals surface area (Å²) < 4.78 is 1.17. The van der Waals surface area contributed by atoms with E-state index >= 15 is 0 Å². The van der Waals surface area contributed by atoms with Gasteiger partial charge in [-0.2, -0.15) is 0 Å². The summed E-state index contributed by atoms with van der Waals surface area (Å²) in [4.78, 5) is 9.50. The fourth-order valence-electron chi connectivity index (χ4n) is 4.17. The molecule has 2 unspecified atom stereocenters. The molecule has 0 bridgehead atoms. The number of rotatable bonds is 5. The van der Waals surface area contributed by atoms with Crippen molar-refractivity contribution >= 4 is 27.6 Å². The summed E-state index contributed by atoms with van der Waals surface area (Å²) in [7, 11) is 1.87. The standard InChI is InChI=1S/C21H34BrN5/c1-16(2)26-11-6-7-17(14-26)13-24-21(23-3)25-18-10-12-27(15-18)20-9-5-4-8-19(20)22/h4-5,8-9,16-18H,6-7,10-15H2,1-3H3,(H2,23,24,25). The molecule has 6 heteroatoms. The van der Waals surface area contributed by atoms with E-state index in [4.69, 9.17) is 0 Å². The highest BCUT2D eigenvalue weighted by Gasteiger charge is 2.25. The lowest BCUT2D eigenvalue weighted by molar-refractivity contribution is 0.141. The van der Waals surface area contributed by atoms with E-state index in [1.165, 1.54) is 36.1 Å². The van der Waals surface area contributed by atoms with Crippen molar-refractivity contribution in [3.05, 3.63) is 28.7 Å². The average molecular weight is 436 g/mol. The lowest BCUT2D eigenvalue weighted by Gasteiger charge is -2.35. The smallest absolute Gasteiger partial charge is 0.191 e. The van der Waals surface area contributed by atoms with Crippen molar-refractivity contribution in [2.24, 2.45) is 10.9 Å². The monoisotopic (exact) mass is 435 g/mol. The van der Waals surface area contributed by atoms with Gasteiger partial charge in [0, 0.05) is 49.8 Å². The average Bonchev–Trinajstić information content (AvgIpc) is 3.14. The van der Waals surface area contributed by atoms with Gasteiger partial charge in [0.2, 0.25) is 0 Å². The highest BCUT2D eigenvalue weighted by molar-refractivity contribution is 9.10. The minimum atomic E-state index is 0.432. The number of nitrogens with one attached hydrogen (secondary N) is 2. The summed E-state index contributed by atoms with van der Waals surface area (Å²) in [5.74, 6) is 1.65. The molecule has 0 aliphatic carbocycles. The lowest BCUT2D eigenvalue weighted by Crippen LogP contribution is -2.48. The third kappa shape index (κ3) is 5.61. The first-order valence-corrected chi connectivity index (χ1v) is 11.1. The topological polar surface area (TPSA) is 42.9 Å². The Balaban J connectivity index is 1.46. The minimum Gasteiger partial charge on any atom is -0.368 e. The van der Waals surface area contributed by atoms with E-state index in [9.17, 15) is 0 Å². The molecule has 2 fully saturated rings. The van der Waals surface area contributed by atoms with Gasteiger partial charge in [-0.1, -0.05) is 12.1 Å². The van der Waals surface area contributed by atoms with Gasteiger partial charge in [-0.05, 0) is 73.6 Å². The number of guanidine groups is 1. The number of hydrogen-bond donors (Lipinski definition) is 2. The molecule has 2 heterocycles. The van der Waals surface area contributed by atoms with Gasteiger partial charge < -0.3 is 20.4 Å². The number of aliphatic imine (C=N–C) groups is 1. The van der Waals surface area contributed by atoms with Gasteiger partial charge in [0.1, 0.15) is 0 Å². The van der Waals surface area contributed by atoms with E-state index in [0.717, 1.165) is 32.0 Å². The maximum absolute atomic E-state index is 4.46. The van der Waals surface area contributed by atoms with Crippen molar-refractivity contribution in [1.29, 1.82) is 0 Å². The quantitative estimate of drug-likeness (QED) is 0.549. The Bertz CT molecular complexity index is 633. The molecule has 0 saturated carbocycles. The predicted molar refractivity (Wildman–Crippen MR) is 119 cm³/mol. The molecular weight excluding hydrogens is 402 g/mol. The van der Waals surface area contributed by atoms with Crippen molar-refractivity contribution in [3.63, 3.8) is 0 Å². The maximum atomic E-state index is 4.46. The van der Waals surface area contributed by atoms with Crippen LogP contribution in [0.15, 0.2) is 33.7 Å². The van der Waals surface area contributed by atoms with Crippen LogP contribution < -0.4 is 15.5 Å². The molecule has 0 radical (unpaired) electrons. The van der Waals surface area contributed by atoms with Crippen LogP contribution in [0.25, 0.3) is 0 Å². The number of benzene rings is 1. The molecular formula is C21H34BrN5. The fraction of sp³-hybridized carbons (Fsp3) is 0.667. The number of para-hydroxylation sites is 1. The summed E-state index contributed by atoms with van der Waals surface area (Å²) in [6, 6.07) is 9.54. The Morgan fingerprint density at radius 2 is 2.04 bits per heavy atom. The van der Waals surface area contributed by atoms with Crippen LogP contribution in [0.5, 0.6) is 0 Å². The third-order valence-corrected chi connectivity index (χ3v) is 6.46. The first-order chi connectivity index (χ1) is 13.1. The fourth-order valence-corrected chi connectivity index (χ4v) is 4.70. The van der Waals surface area contributed by atoms with Crippen LogP contribution >= 0.6 is 15.9 Å². The summed E-state index contributed by atoms with van der Waals surface area (Å²) in [6.45, 7) is 10.1. The van der Waals surface area contributed by atoms with E-state index in [0.29, 0.717) is 18.0 Å². The second kappa shape index (κ2) is 9.78. The summed E-state index contributed by atoms with van der Waals surface area (Å²) in [5, 5.41) is 7.20. The second-order valence-corrected chi connectivity index (χ2v) is 8.93. The zero-order valence-electron chi connectivity index (χ0n) is 16.9. The number of piperidine rings is 1. The number of halogens is 1. The molecule has 2 saturated heterocycles. The second-order valence-electron chi connectivity index (χ2n) is 8.08. The van der Waals surface area contributed by atoms with E-state index in [-0.39, 0.29) is 0 Å². The molecule has 1 aromatic rings. The zero-order valence-corrected chi connectivity index (χ0v) is 18.5. The van der Waals surface area contributed by atoms with Crippen LogP contribution in [0.3, 0.4) is 0 Å². The van der Waals surface area contributed by atoms with Gasteiger partial charge in [-0.3, -0.25) is 4.99 Å². The van der Waals surface area contributed by atoms with Crippen LogP contribution in [0.1, 0.15) is 33.1 Å². The molecule has 0 spiro atoms. The highest BCUT2D eigenvalue weighted by Crippen LogP contribution is 2.28. The summed E-state index contributed by atoms with van der Waals surface area (Å²) >= 11 is 3.67. The van der Waals surface area contributed by atoms with Gasteiger partial charge >= 0.3 is 0 Å². The van der Waals surface area contributed by atoms with Gasteiger partial charge in [0.05, 0.1) is 5.69 Å². The largest absolute Gasteiger partial charge is 0.368 e. The van der Waals surface area contributed by atoms with Crippen LogP contribution in [0, 0.1) is 5.92 Å². The third-order valence-electron chi connectivity index (χ3n) is 5.78. The number of anilines is 1. The molecule has 0 aromatic heterocycles. The molecule has 3 rings (SSSR count). The first kappa shape index (κ1) is 20.5. The molecule has 2 aliphatic heterocycles. The molecule has 2 aliphatic rings. The Morgan fingerprint density at radius 1 is 1.22 bits per heavy atom. The van der Waals surface area contributed by atoms with Gasteiger partial charge in [-0.15, -0.1) is 0 Å². The highest BCUT2D eigenvalue weighted by atomic mass is 79.9. The van der Waals surface area contributed by atoms with E-state index < -0.39 is 0 Å². The van der Waals surface area contributed by atoms with E-state index in [2.05, 4.69) is 79.5 Å². The number of nitrogens with zero attached hydrogens (tertiary/aromatic N) is 3. The van der Waals surface area contributed by atoms with Crippen LogP contribution in [0.2, 0.25) is 0 Å². The van der Waals surface area contributed by atoms with Crippen molar-refractivity contribution in [2.45, 2.75) is 45.2 Å². The molecule has 2 N–H and O–H groups in total. The normalized spacial score (nSPS) is 24.5. The predicted octanol–water partition coefficient (Wildman–Crippen LogP) is 3.31.